The Labute approximate surface area is 295 Å². The van der Waals surface area contributed by atoms with Crippen molar-refractivity contribution in [1.29, 1.82) is 0 Å². The molecular weight excluding hydrogens is 615 g/mol. The molecule has 4 heteroatoms. The molecule has 0 aliphatic carbocycles. The van der Waals surface area contributed by atoms with Crippen LogP contribution in [0.2, 0.25) is 0 Å². The van der Waals surface area contributed by atoms with Crippen molar-refractivity contribution < 1.29 is 8.22 Å². The van der Waals surface area contributed by atoms with E-state index in [0.717, 1.165) is 43.4 Å². The van der Waals surface area contributed by atoms with Crippen LogP contribution in [-0.2, 0) is 0 Å². The summed E-state index contributed by atoms with van der Waals surface area (Å²) < 4.78 is 56.3. The molecule has 0 saturated carbocycles. The van der Waals surface area contributed by atoms with Crippen molar-refractivity contribution in [1.82, 2.24) is 15.0 Å². The molecule has 228 valence electrons. The van der Waals surface area contributed by atoms with E-state index in [0.29, 0.717) is 37.6 Å². The van der Waals surface area contributed by atoms with Crippen LogP contribution < -0.4 is 0 Å². The fraction of sp³-hybridized carbons (Fsp3) is 0. The molecule has 3 nitrogen and oxygen atoms in total. The van der Waals surface area contributed by atoms with E-state index < -0.39 is 0 Å². The zero-order chi connectivity index (χ0) is 37.5. The highest BCUT2D eigenvalue weighted by atomic mass is 32.1. The molecule has 0 unspecified atom stereocenters. The summed E-state index contributed by atoms with van der Waals surface area (Å²) in [5.74, 6) is 0.838. The van der Waals surface area contributed by atoms with Gasteiger partial charge in [0, 0.05) is 36.9 Å². The van der Waals surface area contributed by atoms with Crippen LogP contribution in [0.5, 0.6) is 0 Å². The Morgan fingerprint density at radius 3 is 1.55 bits per heavy atom. The standard InChI is InChI=1S/C45H27N3S/c1-3-12-28(13-4-1)43-46-44(29-14-5-2-6-15-29)48-45(47-43)31-23-25-38-39-21-11-20-32(42(39)49-41(38)27-31)30-22-24-37-35-18-8-7-16-33(35)34-17-9-10-19-36(34)40(37)26-30/h1-27H/i11D,20D,21D,23D,25D,27D. The van der Waals surface area contributed by atoms with Gasteiger partial charge >= 0.3 is 0 Å². The number of benzene rings is 8. The number of rotatable bonds is 4. The van der Waals surface area contributed by atoms with Crippen molar-refractivity contribution in [2.45, 2.75) is 0 Å². The molecule has 10 rings (SSSR count). The van der Waals surface area contributed by atoms with Crippen LogP contribution in [0.4, 0.5) is 0 Å². The molecule has 0 atom stereocenters. The van der Waals surface area contributed by atoms with Gasteiger partial charge in [0.25, 0.3) is 0 Å². The lowest BCUT2D eigenvalue weighted by Crippen LogP contribution is -1.99. The van der Waals surface area contributed by atoms with Crippen LogP contribution in [0.25, 0.3) is 97.8 Å². The van der Waals surface area contributed by atoms with Gasteiger partial charge in [0.15, 0.2) is 17.5 Å². The molecule has 0 fully saturated rings. The first-order valence-corrected chi connectivity index (χ1v) is 16.8. The van der Waals surface area contributed by atoms with Gasteiger partial charge in [-0.05, 0) is 55.6 Å². The summed E-state index contributed by atoms with van der Waals surface area (Å²) in [5, 5.41) is 7.04. The predicted molar refractivity (Wildman–Crippen MR) is 207 cm³/mol. The molecular formula is C45H27N3S. The van der Waals surface area contributed by atoms with Gasteiger partial charge in [0.2, 0.25) is 0 Å². The SMILES string of the molecule is [2H]c1c([2H])c([2H])c2c(sc3c([2H])c(-c4nc(-c5ccccc5)nc(-c5ccccc5)n4)c([2H])c([2H])c32)c1-c1ccc2c3ccccc3c3ccccc3c2c1. The number of hydrogen-bond donors (Lipinski definition) is 0. The highest BCUT2D eigenvalue weighted by molar-refractivity contribution is 7.26. The predicted octanol–water partition coefficient (Wildman–Crippen LogP) is 12.4. The zero-order valence-corrected chi connectivity index (χ0v) is 26.7. The van der Waals surface area contributed by atoms with Crippen molar-refractivity contribution >= 4 is 63.8 Å². The Morgan fingerprint density at radius 2 is 0.939 bits per heavy atom. The third kappa shape index (κ3) is 4.61. The Bertz CT molecular complexity index is 3130. The Balaban J connectivity index is 1.26. The van der Waals surface area contributed by atoms with E-state index in [1.807, 2.05) is 91.0 Å². The van der Waals surface area contributed by atoms with E-state index in [2.05, 4.69) is 36.4 Å². The van der Waals surface area contributed by atoms with E-state index in [1.165, 1.54) is 11.3 Å². The van der Waals surface area contributed by atoms with Crippen LogP contribution in [0.15, 0.2) is 164 Å². The molecule has 10 aromatic rings. The van der Waals surface area contributed by atoms with Crippen LogP contribution >= 0.6 is 11.3 Å². The summed E-state index contributed by atoms with van der Waals surface area (Å²) in [6.07, 6.45) is 0. The summed E-state index contributed by atoms with van der Waals surface area (Å²) in [5.41, 5.74) is 2.71. The lowest BCUT2D eigenvalue weighted by molar-refractivity contribution is 1.07. The highest BCUT2D eigenvalue weighted by Crippen LogP contribution is 2.43. The Hall–Kier alpha value is -6.23. The maximum absolute atomic E-state index is 9.58. The molecule has 8 aromatic carbocycles. The van der Waals surface area contributed by atoms with Gasteiger partial charge in [0.05, 0.1) is 8.22 Å². The zero-order valence-electron chi connectivity index (χ0n) is 31.9. The van der Waals surface area contributed by atoms with Gasteiger partial charge in [0.1, 0.15) is 0 Å². The van der Waals surface area contributed by atoms with Gasteiger partial charge in [-0.15, -0.1) is 11.3 Å². The molecule has 0 saturated heterocycles. The molecule has 0 aliphatic heterocycles. The van der Waals surface area contributed by atoms with Gasteiger partial charge in [-0.2, -0.15) is 0 Å². The summed E-state index contributed by atoms with van der Waals surface area (Å²) in [7, 11) is 0. The molecule has 2 aromatic heterocycles. The van der Waals surface area contributed by atoms with Crippen LogP contribution in [0.1, 0.15) is 8.22 Å². The average molecular weight is 648 g/mol. The monoisotopic (exact) mass is 647 g/mol. The van der Waals surface area contributed by atoms with Crippen LogP contribution in [0.3, 0.4) is 0 Å². The highest BCUT2D eigenvalue weighted by Gasteiger charge is 2.16. The summed E-state index contributed by atoms with van der Waals surface area (Å²) in [6, 6.07) is 40.4. The maximum Gasteiger partial charge on any atom is 0.164 e. The molecule has 49 heavy (non-hydrogen) atoms. The minimum Gasteiger partial charge on any atom is -0.208 e. The molecule has 0 radical (unpaired) electrons. The van der Waals surface area contributed by atoms with E-state index in [1.54, 1.807) is 0 Å². The quantitative estimate of drug-likeness (QED) is 0.178. The lowest BCUT2D eigenvalue weighted by Gasteiger charge is -2.12. The fourth-order valence-corrected chi connectivity index (χ4v) is 7.85. The van der Waals surface area contributed by atoms with Gasteiger partial charge in [-0.3, -0.25) is 0 Å². The van der Waals surface area contributed by atoms with Crippen LogP contribution in [-0.4, -0.2) is 15.0 Å². The first-order valence-electron chi connectivity index (χ1n) is 19.0. The van der Waals surface area contributed by atoms with Gasteiger partial charge in [-0.25, -0.2) is 15.0 Å². The molecule has 0 N–H and O–H groups in total. The van der Waals surface area contributed by atoms with Gasteiger partial charge in [-0.1, -0.05) is 152 Å². The van der Waals surface area contributed by atoms with E-state index in [9.17, 15) is 5.48 Å². The summed E-state index contributed by atoms with van der Waals surface area (Å²) in [6.45, 7) is 0. The molecule has 0 aliphatic rings. The third-order valence-electron chi connectivity index (χ3n) is 9.02. The smallest absolute Gasteiger partial charge is 0.164 e. The fourth-order valence-electron chi connectivity index (χ4n) is 6.72. The Morgan fingerprint density at radius 1 is 0.408 bits per heavy atom. The third-order valence-corrected chi connectivity index (χ3v) is 10.1. The topological polar surface area (TPSA) is 38.7 Å². The van der Waals surface area contributed by atoms with Crippen molar-refractivity contribution in [3.05, 3.63) is 164 Å². The number of nitrogens with zero attached hydrogens (tertiary/aromatic N) is 3. The summed E-state index contributed by atoms with van der Waals surface area (Å²) in [4.78, 5) is 14.3. The average Bonchev–Trinajstić information content (AvgIpc) is 3.64. The first kappa shape index (κ1) is 22.4. The second-order valence-electron chi connectivity index (χ2n) is 11.9. The number of thiophene rings is 1. The second-order valence-corrected chi connectivity index (χ2v) is 12.9. The maximum atomic E-state index is 9.58. The summed E-state index contributed by atoms with van der Waals surface area (Å²) >= 11 is 1.21. The molecule has 0 spiro atoms. The number of aromatic nitrogens is 3. The molecule has 2 heterocycles. The van der Waals surface area contributed by atoms with Crippen molar-refractivity contribution in [3.8, 4) is 45.3 Å². The van der Waals surface area contributed by atoms with Crippen LogP contribution in [0, 0.1) is 0 Å². The van der Waals surface area contributed by atoms with E-state index >= 15 is 0 Å². The number of hydrogen-bond acceptors (Lipinski definition) is 4. The second kappa shape index (κ2) is 11.2. The van der Waals surface area contributed by atoms with Crippen molar-refractivity contribution in [2.24, 2.45) is 0 Å². The van der Waals surface area contributed by atoms with E-state index in [4.69, 9.17) is 17.7 Å². The number of fused-ring (bicyclic) bond motifs is 9. The van der Waals surface area contributed by atoms with Gasteiger partial charge < -0.3 is 0 Å². The molecule has 0 amide bonds. The Kier molecular flexibility index (Phi) is 5.11. The molecule has 0 bridgehead atoms. The van der Waals surface area contributed by atoms with Crippen molar-refractivity contribution in [3.63, 3.8) is 0 Å². The van der Waals surface area contributed by atoms with Crippen molar-refractivity contribution in [2.75, 3.05) is 0 Å². The minimum atomic E-state index is -0.273. The lowest BCUT2D eigenvalue weighted by atomic mass is 9.92. The first-order chi connectivity index (χ1) is 26.8. The normalized spacial score (nSPS) is 13.4. The largest absolute Gasteiger partial charge is 0.208 e. The van der Waals surface area contributed by atoms with E-state index in [-0.39, 0.29) is 53.0 Å². The minimum absolute atomic E-state index is 0.0548.